The van der Waals surface area contributed by atoms with E-state index in [4.69, 9.17) is 4.74 Å². The Morgan fingerprint density at radius 2 is 1.81 bits per heavy atom. The highest BCUT2D eigenvalue weighted by Gasteiger charge is 2.08. The van der Waals surface area contributed by atoms with Crippen LogP contribution in [0.3, 0.4) is 0 Å². The average molecular weight is 287 g/mol. The van der Waals surface area contributed by atoms with Gasteiger partial charge in [0.2, 0.25) is 5.95 Å². The monoisotopic (exact) mass is 287 g/mol. The first-order valence-electron chi connectivity index (χ1n) is 7.52. The molecule has 21 heavy (non-hydrogen) atoms. The van der Waals surface area contributed by atoms with Gasteiger partial charge in [-0.1, -0.05) is 13.8 Å². The molecule has 4 heteroatoms. The predicted molar refractivity (Wildman–Crippen MR) is 87.4 cm³/mol. The van der Waals surface area contributed by atoms with Gasteiger partial charge in [0.25, 0.3) is 0 Å². The van der Waals surface area contributed by atoms with E-state index in [2.05, 4.69) is 40.8 Å². The topological polar surface area (TPSA) is 39.1 Å². The van der Waals surface area contributed by atoms with Crippen molar-refractivity contribution in [2.75, 3.05) is 11.9 Å². The third kappa shape index (κ3) is 4.25. The maximum atomic E-state index is 5.68. The second-order valence-electron chi connectivity index (χ2n) is 6.01. The van der Waals surface area contributed by atoms with E-state index in [9.17, 15) is 0 Å². The molecule has 1 heterocycles. The molecule has 0 spiro atoms. The Hall–Kier alpha value is -1.97. The Kier molecular flexibility index (Phi) is 4.89. The van der Waals surface area contributed by atoms with Gasteiger partial charge in [-0.15, -0.1) is 0 Å². The van der Waals surface area contributed by atoms with Gasteiger partial charge in [0, 0.05) is 18.4 Å². The van der Waals surface area contributed by atoms with Gasteiger partial charge in [0.1, 0.15) is 5.75 Å². The van der Waals surface area contributed by atoms with Crippen molar-refractivity contribution in [2.24, 2.45) is 5.92 Å². The van der Waals surface area contributed by atoms with Gasteiger partial charge in [0.15, 0.2) is 0 Å². The van der Waals surface area contributed by atoms with E-state index in [-0.39, 0.29) is 6.10 Å². The molecule has 0 saturated heterocycles. The van der Waals surface area contributed by atoms with Crippen LogP contribution in [0, 0.1) is 12.8 Å². The lowest BCUT2D eigenvalue weighted by Crippen LogP contribution is -2.12. The Balaban J connectivity index is 2.20. The summed E-state index contributed by atoms with van der Waals surface area (Å²) in [5.74, 6) is 2.36. The van der Waals surface area contributed by atoms with Crippen LogP contribution in [0.2, 0.25) is 0 Å². The minimum atomic E-state index is 0.189. The SMILES string of the molecule is Cc1cn(-c2ccc(OC(C)C)cc2)c(NCC(C)C)n1. The zero-order valence-corrected chi connectivity index (χ0v) is 13.6. The van der Waals surface area contributed by atoms with Crippen LogP contribution in [0.5, 0.6) is 5.75 Å². The molecule has 0 saturated carbocycles. The number of nitrogens with one attached hydrogen (secondary N) is 1. The Labute approximate surface area is 127 Å². The summed E-state index contributed by atoms with van der Waals surface area (Å²) in [5, 5.41) is 3.40. The van der Waals surface area contributed by atoms with Crippen LogP contribution in [-0.2, 0) is 0 Å². The van der Waals surface area contributed by atoms with Crippen LogP contribution in [0.15, 0.2) is 30.5 Å². The number of hydrogen-bond donors (Lipinski definition) is 1. The van der Waals surface area contributed by atoms with Crippen LogP contribution in [0.25, 0.3) is 5.69 Å². The quantitative estimate of drug-likeness (QED) is 0.871. The van der Waals surface area contributed by atoms with Gasteiger partial charge in [0.05, 0.1) is 11.8 Å². The third-order valence-electron chi connectivity index (χ3n) is 2.98. The van der Waals surface area contributed by atoms with E-state index in [0.717, 1.165) is 29.6 Å². The molecule has 0 radical (unpaired) electrons. The number of imidazole rings is 1. The average Bonchev–Trinajstić information content (AvgIpc) is 2.78. The molecule has 4 nitrogen and oxygen atoms in total. The van der Waals surface area contributed by atoms with Crippen molar-refractivity contribution in [2.45, 2.75) is 40.7 Å². The van der Waals surface area contributed by atoms with Crippen LogP contribution < -0.4 is 10.1 Å². The summed E-state index contributed by atoms with van der Waals surface area (Å²) < 4.78 is 7.76. The fraction of sp³-hybridized carbons (Fsp3) is 0.471. The minimum Gasteiger partial charge on any atom is -0.491 e. The molecule has 0 bridgehead atoms. The van der Waals surface area contributed by atoms with Gasteiger partial charge in [-0.2, -0.15) is 0 Å². The van der Waals surface area contributed by atoms with Crippen molar-refractivity contribution in [3.05, 3.63) is 36.2 Å². The number of anilines is 1. The number of benzene rings is 1. The molecule has 2 rings (SSSR count). The van der Waals surface area contributed by atoms with E-state index in [1.807, 2.05) is 39.1 Å². The Bertz CT molecular complexity index is 570. The zero-order valence-electron chi connectivity index (χ0n) is 13.6. The van der Waals surface area contributed by atoms with Crippen molar-refractivity contribution < 1.29 is 4.74 Å². The summed E-state index contributed by atoms with van der Waals surface area (Å²) in [7, 11) is 0. The maximum Gasteiger partial charge on any atom is 0.207 e. The second kappa shape index (κ2) is 6.66. The molecule has 0 fully saturated rings. The minimum absolute atomic E-state index is 0.189. The summed E-state index contributed by atoms with van der Waals surface area (Å²) in [6, 6.07) is 8.10. The van der Waals surface area contributed by atoms with Crippen LogP contribution in [0.4, 0.5) is 5.95 Å². The summed E-state index contributed by atoms with van der Waals surface area (Å²) in [5.41, 5.74) is 2.08. The lowest BCUT2D eigenvalue weighted by atomic mass is 10.2. The van der Waals surface area contributed by atoms with Crippen LogP contribution >= 0.6 is 0 Å². The number of hydrogen-bond acceptors (Lipinski definition) is 3. The first kappa shape index (κ1) is 15.4. The first-order valence-corrected chi connectivity index (χ1v) is 7.52. The molecule has 1 aromatic heterocycles. The van der Waals surface area contributed by atoms with Crippen molar-refractivity contribution in [3.8, 4) is 11.4 Å². The second-order valence-corrected chi connectivity index (χ2v) is 6.01. The molecular weight excluding hydrogens is 262 g/mol. The highest BCUT2D eigenvalue weighted by Crippen LogP contribution is 2.20. The molecular formula is C17H25N3O. The lowest BCUT2D eigenvalue weighted by Gasteiger charge is -2.13. The van der Waals surface area contributed by atoms with Crippen molar-refractivity contribution in [1.82, 2.24) is 9.55 Å². The molecule has 0 amide bonds. The largest absolute Gasteiger partial charge is 0.491 e. The maximum absolute atomic E-state index is 5.68. The van der Waals surface area contributed by atoms with E-state index in [0.29, 0.717) is 5.92 Å². The van der Waals surface area contributed by atoms with Crippen LogP contribution in [0.1, 0.15) is 33.4 Å². The molecule has 0 aliphatic rings. The summed E-state index contributed by atoms with van der Waals surface area (Å²) in [6.07, 6.45) is 2.23. The fourth-order valence-corrected chi connectivity index (χ4v) is 2.07. The third-order valence-corrected chi connectivity index (χ3v) is 2.98. The fourth-order valence-electron chi connectivity index (χ4n) is 2.07. The Morgan fingerprint density at radius 3 is 2.38 bits per heavy atom. The van der Waals surface area contributed by atoms with Crippen molar-refractivity contribution in [1.29, 1.82) is 0 Å². The number of rotatable bonds is 6. The van der Waals surface area contributed by atoms with Gasteiger partial charge < -0.3 is 10.1 Å². The van der Waals surface area contributed by atoms with E-state index < -0.39 is 0 Å². The summed E-state index contributed by atoms with van der Waals surface area (Å²) in [6.45, 7) is 11.3. The molecule has 114 valence electrons. The molecule has 1 aromatic carbocycles. The first-order chi connectivity index (χ1) is 9.95. The normalized spacial score (nSPS) is 11.2. The van der Waals surface area contributed by atoms with Crippen molar-refractivity contribution in [3.63, 3.8) is 0 Å². The standard InChI is InChI=1S/C17H25N3O/c1-12(2)10-18-17-19-14(5)11-20(17)15-6-8-16(9-7-15)21-13(3)4/h6-9,11-13H,10H2,1-5H3,(H,18,19). The molecule has 0 aliphatic heterocycles. The molecule has 0 aliphatic carbocycles. The molecule has 0 unspecified atom stereocenters. The smallest absolute Gasteiger partial charge is 0.207 e. The van der Waals surface area contributed by atoms with Crippen molar-refractivity contribution >= 4 is 5.95 Å². The number of ether oxygens (including phenoxy) is 1. The number of nitrogens with zero attached hydrogens (tertiary/aromatic N) is 2. The lowest BCUT2D eigenvalue weighted by molar-refractivity contribution is 0.242. The highest BCUT2D eigenvalue weighted by molar-refractivity contribution is 5.45. The van der Waals surface area contributed by atoms with Gasteiger partial charge in [-0.25, -0.2) is 4.98 Å². The van der Waals surface area contributed by atoms with Crippen LogP contribution in [-0.4, -0.2) is 22.2 Å². The zero-order chi connectivity index (χ0) is 15.4. The summed E-state index contributed by atoms with van der Waals surface area (Å²) >= 11 is 0. The molecule has 2 aromatic rings. The number of aromatic nitrogens is 2. The molecule has 1 N–H and O–H groups in total. The van der Waals surface area contributed by atoms with Gasteiger partial charge in [-0.05, 0) is 51.0 Å². The predicted octanol–water partition coefficient (Wildman–Crippen LogP) is 4.04. The van der Waals surface area contributed by atoms with E-state index >= 15 is 0 Å². The Morgan fingerprint density at radius 1 is 1.14 bits per heavy atom. The molecule has 0 atom stereocenters. The van der Waals surface area contributed by atoms with Gasteiger partial charge >= 0.3 is 0 Å². The van der Waals surface area contributed by atoms with E-state index in [1.165, 1.54) is 0 Å². The van der Waals surface area contributed by atoms with E-state index in [1.54, 1.807) is 0 Å². The summed E-state index contributed by atoms with van der Waals surface area (Å²) in [4.78, 5) is 4.55. The number of aryl methyl sites for hydroxylation is 1. The van der Waals surface area contributed by atoms with Gasteiger partial charge in [-0.3, -0.25) is 4.57 Å². The highest BCUT2D eigenvalue weighted by atomic mass is 16.5.